The minimum atomic E-state index is -0.833. The SMILES string of the molecule is CCCNC(=O)Cc1ccc(-n2c(=O)c3ccccc3n(CC(=O)Nc3cc(F)ccc3F)c2=O)cc1. The molecule has 2 amide bonds. The van der Waals surface area contributed by atoms with Crippen molar-refractivity contribution < 1.29 is 18.4 Å². The molecule has 0 spiro atoms. The number of nitrogens with zero attached hydrogens (tertiary/aromatic N) is 2. The first kappa shape index (κ1) is 25.5. The fourth-order valence-corrected chi connectivity index (χ4v) is 3.90. The number of halogens is 2. The van der Waals surface area contributed by atoms with Crippen LogP contribution in [0.4, 0.5) is 14.5 Å². The van der Waals surface area contributed by atoms with Crippen LogP contribution in [0.3, 0.4) is 0 Å². The van der Waals surface area contributed by atoms with E-state index >= 15 is 0 Å². The lowest BCUT2D eigenvalue weighted by atomic mass is 10.1. The third-order valence-electron chi connectivity index (χ3n) is 5.69. The Morgan fingerprint density at radius 3 is 2.38 bits per heavy atom. The van der Waals surface area contributed by atoms with Gasteiger partial charge in [-0.25, -0.2) is 18.1 Å². The summed E-state index contributed by atoms with van der Waals surface area (Å²) in [7, 11) is 0. The van der Waals surface area contributed by atoms with Gasteiger partial charge < -0.3 is 10.6 Å². The van der Waals surface area contributed by atoms with E-state index < -0.39 is 35.3 Å². The van der Waals surface area contributed by atoms with Gasteiger partial charge in [-0.2, -0.15) is 0 Å². The molecule has 0 atom stereocenters. The summed E-state index contributed by atoms with van der Waals surface area (Å²) >= 11 is 0. The number of aromatic nitrogens is 2. The van der Waals surface area contributed by atoms with Crippen molar-refractivity contribution in [1.82, 2.24) is 14.5 Å². The van der Waals surface area contributed by atoms with Gasteiger partial charge in [0.05, 0.1) is 28.7 Å². The highest BCUT2D eigenvalue weighted by atomic mass is 19.1. The molecule has 0 radical (unpaired) electrons. The van der Waals surface area contributed by atoms with Gasteiger partial charge in [0.15, 0.2) is 0 Å². The molecule has 0 unspecified atom stereocenters. The van der Waals surface area contributed by atoms with Gasteiger partial charge in [-0.1, -0.05) is 31.2 Å². The van der Waals surface area contributed by atoms with Crippen molar-refractivity contribution >= 4 is 28.4 Å². The smallest absolute Gasteiger partial charge is 0.336 e. The van der Waals surface area contributed by atoms with Crippen LogP contribution in [0, 0.1) is 11.6 Å². The fourth-order valence-electron chi connectivity index (χ4n) is 3.90. The van der Waals surface area contributed by atoms with Crippen LogP contribution in [0.15, 0.2) is 76.3 Å². The molecular weight excluding hydrogens is 482 g/mol. The molecule has 1 aromatic heterocycles. The summed E-state index contributed by atoms with van der Waals surface area (Å²) in [6.07, 6.45) is 0.963. The molecule has 0 aliphatic carbocycles. The van der Waals surface area contributed by atoms with Crippen LogP contribution in [0.2, 0.25) is 0 Å². The number of hydrogen-bond donors (Lipinski definition) is 2. The maximum absolute atomic E-state index is 14.0. The van der Waals surface area contributed by atoms with Crippen LogP contribution < -0.4 is 21.9 Å². The van der Waals surface area contributed by atoms with Gasteiger partial charge >= 0.3 is 5.69 Å². The zero-order valence-electron chi connectivity index (χ0n) is 20.0. The highest BCUT2D eigenvalue weighted by molar-refractivity contribution is 5.91. The van der Waals surface area contributed by atoms with E-state index in [2.05, 4.69) is 10.6 Å². The molecule has 8 nitrogen and oxygen atoms in total. The first-order valence-electron chi connectivity index (χ1n) is 11.6. The molecule has 0 aliphatic heterocycles. The second-order valence-electron chi connectivity index (χ2n) is 8.39. The molecule has 2 N–H and O–H groups in total. The predicted octanol–water partition coefficient (Wildman–Crippen LogP) is 3.14. The molecule has 4 rings (SSSR count). The number of benzene rings is 3. The molecule has 4 aromatic rings. The molecule has 0 saturated heterocycles. The summed E-state index contributed by atoms with van der Waals surface area (Å²) in [6, 6.07) is 15.3. The first-order valence-corrected chi connectivity index (χ1v) is 11.6. The van der Waals surface area contributed by atoms with Crippen LogP contribution in [0.25, 0.3) is 16.6 Å². The minimum absolute atomic E-state index is 0.138. The third-order valence-corrected chi connectivity index (χ3v) is 5.69. The number of amides is 2. The lowest BCUT2D eigenvalue weighted by Crippen LogP contribution is -2.40. The van der Waals surface area contributed by atoms with Crippen molar-refractivity contribution in [2.75, 3.05) is 11.9 Å². The Kier molecular flexibility index (Phi) is 7.57. The Morgan fingerprint density at radius 1 is 0.919 bits per heavy atom. The summed E-state index contributed by atoms with van der Waals surface area (Å²) < 4.78 is 29.5. The van der Waals surface area contributed by atoms with Gasteiger partial charge in [0.2, 0.25) is 11.8 Å². The number of nitrogens with one attached hydrogen (secondary N) is 2. The summed E-state index contributed by atoms with van der Waals surface area (Å²) in [4.78, 5) is 51.4. The van der Waals surface area contributed by atoms with Crippen molar-refractivity contribution in [3.63, 3.8) is 0 Å². The normalized spacial score (nSPS) is 10.9. The highest BCUT2D eigenvalue weighted by Crippen LogP contribution is 2.16. The van der Waals surface area contributed by atoms with Crippen molar-refractivity contribution in [1.29, 1.82) is 0 Å². The fraction of sp³-hybridized carbons (Fsp3) is 0.185. The molecule has 37 heavy (non-hydrogen) atoms. The van der Waals surface area contributed by atoms with Crippen LogP contribution in [-0.2, 0) is 22.6 Å². The number of para-hydroxylation sites is 1. The molecule has 0 bridgehead atoms. The number of rotatable bonds is 8. The van der Waals surface area contributed by atoms with Crippen LogP contribution in [0.5, 0.6) is 0 Å². The average molecular weight is 507 g/mol. The monoisotopic (exact) mass is 506 g/mol. The van der Waals surface area contributed by atoms with E-state index in [9.17, 15) is 28.0 Å². The average Bonchev–Trinajstić information content (AvgIpc) is 2.88. The zero-order chi connectivity index (χ0) is 26.5. The van der Waals surface area contributed by atoms with Gasteiger partial charge in [-0.05, 0) is 48.4 Å². The molecule has 3 aromatic carbocycles. The molecule has 0 aliphatic rings. The van der Waals surface area contributed by atoms with E-state index in [0.29, 0.717) is 12.1 Å². The van der Waals surface area contributed by atoms with E-state index in [1.165, 1.54) is 12.1 Å². The summed E-state index contributed by atoms with van der Waals surface area (Å²) in [5.41, 5.74) is -0.567. The van der Waals surface area contributed by atoms with Crippen LogP contribution >= 0.6 is 0 Å². The van der Waals surface area contributed by atoms with E-state index in [4.69, 9.17) is 0 Å². The van der Waals surface area contributed by atoms with E-state index in [1.807, 2.05) is 6.92 Å². The van der Waals surface area contributed by atoms with Gasteiger partial charge in [0, 0.05) is 12.6 Å². The van der Waals surface area contributed by atoms with Gasteiger partial charge in [-0.15, -0.1) is 0 Å². The van der Waals surface area contributed by atoms with Crippen molar-refractivity contribution in [3.05, 3.63) is 105 Å². The van der Waals surface area contributed by atoms with Crippen molar-refractivity contribution in [3.8, 4) is 5.69 Å². The van der Waals surface area contributed by atoms with Gasteiger partial charge in [0.25, 0.3) is 5.56 Å². The number of anilines is 1. The zero-order valence-corrected chi connectivity index (χ0v) is 20.0. The maximum Gasteiger partial charge on any atom is 0.336 e. The minimum Gasteiger partial charge on any atom is -0.356 e. The molecule has 0 saturated carbocycles. The standard InChI is InChI=1S/C27H24F2N4O4/c1-2-13-30-24(34)14-17-7-10-19(11-8-17)33-26(36)20-5-3-4-6-23(20)32(27(33)37)16-25(35)31-22-15-18(28)9-12-21(22)29/h3-12,15H,2,13-14,16H2,1H3,(H,30,34)(H,31,35). The third kappa shape index (κ3) is 5.64. The second kappa shape index (κ2) is 11.0. The topological polar surface area (TPSA) is 102 Å². The Bertz CT molecular complexity index is 1590. The van der Waals surface area contributed by atoms with Crippen LogP contribution in [-0.4, -0.2) is 27.5 Å². The summed E-state index contributed by atoms with van der Waals surface area (Å²) in [5.74, 6) is -2.49. The highest BCUT2D eigenvalue weighted by Gasteiger charge is 2.17. The molecule has 1 heterocycles. The number of fused-ring (bicyclic) bond motifs is 1. The predicted molar refractivity (Wildman–Crippen MR) is 136 cm³/mol. The summed E-state index contributed by atoms with van der Waals surface area (Å²) in [6.45, 7) is 1.97. The Morgan fingerprint density at radius 2 is 1.65 bits per heavy atom. The van der Waals surface area contributed by atoms with Gasteiger partial charge in [-0.3, -0.25) is 19.0 Å². The Balaban J connectivity index is 1.70. The molecule has 190 valence electrons. The lowest BCUT2D eigenvalue weighted by Gasteiger charge is -2.15. The van der Waals surface area contributed by atoms with Crippen LogP contribution in [0.1, 0.15) is 18.9 Å². The van der Waals surface area contributed by atoms with Crippen molar-refractivity contribution in [2.24, 2.45) is 0 Å². The van der Waals surface area contributed by atoms with E-state index in [-0.39, 0.29) is 34.6 Å². The largest absolute Gasteiger partial charge is 0.356 e. The van der Waals surface area contributed by atoms with E-state index in [0.717, 1.165) is 33.8 Å². The number of carbonyl (C=O) groups is 2. The second-order valence-corrected chi connectivity index (χ2v) is 8.39. The first-order chi connectivity index (χ1) is 17.8. The summed E-state index contributed by atoms with van der Waals surface area (Å²) in [5, 5.41) is 5.24. The lowest BCUT2D eigenvalue weighted by molar-refractivity contribution is -0.120. The quantitative estimate of drug-likeness (QED) is 0.383. The molecule has 10 heteroatoms. The number of hydrogen-bond acceptors (Lipinski definition) is 4. The van der Waals surface area contributed by atoms with Gasteiger partial charge in [0.1, 0.15) is 18.2 Å². The molecular formula is C27H24F2N4O4. The van der Waals surface area contributed by atoms with Crippen molar-refractivity contribution in [2.45, 2.75) is 26.3 Å². The maximum atomic E-state index is 14.0. The Labute approximate surface area is 210 Å². The number of carbonyl (C=O) groups excluding carboxylic acids is 2. The van der Waals surface area contributed by atoms with E-state index in [1.54, 1.807) is 36.4 Å². The Hall–Kier alpha value is -4.60. The molecule has 0 fully saturated rings.